The van der Waals surface area contributed by atoms with Crippen molar-refractivity contribution < 1.29 is 13.2 Å². The van der Waals surface area contributed by atoms with Crippen LogP contribution in [0.4, 0.5) is 0 Å². The van der Waals surface area contributed by atoms with Gasteiger partial charge in [0.25, 0.3) is 0 Å². The fraction of sp³-hybridized carbons (Fsp3) is 0.480. The molecular formula is C25H32Cl3N3O3S. The number of nitrogens with zero attached hydrogens (tertiary/aromatic N) is 1. The SMILES string of the molecule is CC(NC(=O)C(C)(CCN1CCC(NS(C)(=O)=O)CC1)c1ccc(Cl)c(Cl)c1)c1ccc(Cl)cc1. The van der Waals surface area contributed by atoms with Gasteiger partial charge in [-0.3, -0.25) is 4.79 Å². The van der Waals surface area contributed by atoms with E-state index >= 15 is 0 Å². The van der Waals surface area contributed by atoms with E-state index in [9.17, 15) is 13.2 Å². The Morgan fingerprint density at radius 3 is 2.29 bits per heavy atom. The lowest BCUT2D eigenvalue weighted by Gasteiger charge is -2.36. The third-order valence-electron chi connectivity index (χ3n) is 6.67. The van der Waals surface area contributed by atoms with Gasteiger partial charge in [0.05, 0.1) is 27.8 Å². The number of rotatable bonds is 9. The molecule has 0 bridgehead atoms. The van der Waals surface area contributed by atoms with Gasteiger partial charge in [-0.1, -0.05) is 53.0 Å². The van der Waals surface area contributed by atoms with Crippen molar-refractivity contribution in [2.24, 2.45) is 0 Å². The van der Waals surface area contributed by atoms with Gasteiger partial charge < -0.3 is 10.2 Å². The molecule has 1 fully saturated rings. The van der Waals surface area contributed by atoms with E-state index in [0.29, 0.717) is 28.0 Å². The first-order valence-corrected chi connectivity index (χ1v) is 14.6. The summed E-state index contributed by atoms with van der Waals surface area (Å²) >= 11 is 18.5. The molecule has 6 nitrogen and oxygen atoms in total. The summed E-state index contributed by atoms with van der Waals surface area (Å²) in [5.41, 5.74) is 0.901. The quantitative estimate of drug-likeness (QED) is 0.443. The summed E-state index contributed by atoms with van der Waals surface area (Å²) in [5.74, 6) is -0.105. The number of halogens is 3. The molecule has 1 saturated heterocycles. The molecule has 1 heterocycles. The second-order valence-corrected chi connectivity index (χ2v) is 12.5. The number of hydrogen-bond donors (Lipinski definition) is 2. The zero-order valence-electron chi connectivity index (χ0n) is 20.2. The highest BCUT2D eigenvalue weighted by molar-refractivity contribution is 7.88. The number of hydrogen-bond acceptors (Lipinski definition) is 4. The Kier molecular flexibility index (Phi) is 9.51. The first kappa shape index (κ1) is 28.2. The van der Waals surface area contributed by atoms with Crippen molar-refractivity contribution in [2.75, 3.05) is 25.9 Å². The molecule has 35 heavy (non-hydrogen) atoms. The molecule has 0 spiro atoms. The van der Waals surface area contributed by atoms with E-state index in [1.165, 1.54) is 6.26 Å². The van der Waals surface area contributed by atoms with Gasteiger partial charge in [0.15, 0.2) is 0 Å². The molecule has 1 aliphatic rings. The Bertz CT molecular complexity index is 1140. The molecule has 1 aliphatic heterocycles. The van der Waals surface area contributed by atoms with Crippen LogP contribution < -0.4 is 10.0 Å². The average Bonchev–Trinajstić information content (AvgIpc) is 2.79. The number of likely N-dealkylation sites (tertiary alicyclic amines) is 1. The van der Waals surface area contributed by atoms with Gasteiger partial charge in [-0.25, -0.2) is 13.1 Å². The summed E-state index contributed by atoms with van der Waals surface area (Å²) in [7, 11) is -3.22. The highest BCUT2D eigenvalue weighted by atomic mass is 35.5. The van der Waals surface area contributed by atoms with Crippen LogP contribution in [0, 0.1) is 0 Å². The van der Waals surface area contributed by atoms with Crippen molar-refractivity contribution >= 4 is 50.7 Å². The maximum absolute atomic E-state index is 13.7. The number of carbonyl (C=O) groups is 1. The van der Waals surface area contributed by atoms with E-state index in [4.69, 9.17) is 34.8 Å². The molecule has 2 N–H and O–H groups in total. The van der Waals surface area contributed by atoms with Crippen LogP contribution in [-0.2, 0) is 20.2 Å². The highest BCUT2D eigenvalue weighted by Crippen LogP contribution is 2.34. The summed E-state index contributed by atoms with van der Waals surface area (Å²) < 4.78 is 25.8. The van der Waals surface area contributed by atoms with Crippen LogP contribution in [0.2, 0.25) is 15.1 Å². The average molecular weight is 561 g/mol. The third kappa shape index (κ3) is 7.81. The predicted octanol–water partition coefficient (Wildman–Crippen LogP) is 5.19. The van der Waals surface area contributed by atoms with Crippen LogP contribution in [-0.4, -0.2) is 51.2 Å². The van der Waals surface area contributed by atoms with Gasteiger partial charge in [0, 0.05) is 11.1 Å². The zero-order chi connectivity index (χ0) is 25.8. The minimum Gasteiger partial charge on any atom is -0.349 e. The molecule has 1 amide bonds. The molecule has 2 unspecified atom stereocenters. The molecule has 10 heteroatoms. The van der Waals surface area contributed by atoms with Gasteiger partial charge in [-0.15, -0.1) is 0 Å². The van der Waals surface area contributed by atoms with Gasteiger partial charge >= 0.3 is 0 Å². The van der Waals surface area contributed by atoms with Gasteiger partial charge in [0.2, 0.25) is 15.9 Å². The van der Waals surface area contributed by atoms with Crippen LogP contribution >= 0.6 is 34.8 Å². The lowest BCUT2D eigenvalue weighted by molar-refractivity contribution is -0.127. The Balaban J connectivity index is 1.74. The van der Waals surface area contributed by atoms with Crippen LogP contribution in [0.5, 0.6) is 0 Å². The van der Waals surface area contributed by atoms with E-state index in [0.717, 1.165) is 37.1 Å². The number of benzene rings is 2. The summed E-state index contributed by atoms with van der Waals surface area (Å²) in [6.45, 7) is 6.07. The minimum atomic E-state index is -3.22. The largest absolute Gasteiger partial charge is 0.349 e. The Labute approximate surface area is 223 Å². The first-order chi connectivity index (χ1) is 16.4. The monoisotopic (exact) mass is 559 g/mol. The normalized spacial score (nSPS) is 18.1. The Hall–Kier alpha value is -1.35. The van der Waals surface area contributed by atoms with E-state index in [2.05, 4.69) is 14.9 Å². The lowest BCUT2D eigenvalue weighted by Crippen LogP contribution is -2.48. The van der Waals surface area contributed by atoms with E-state index in [1.54, 1.807) is 24.3 Å². The Morgan fingerprint density at radius 2 is 1.71 bits per heavy atom. The van der Waals surface area contributed by atoms with Gasteiger partial charge in [-0.05, 0) is 88.1 Å². The second kappa shape index (κ2) is 11.8. The lowest BCUT2D eigenvalue weighted by atomic mass is 9.78. The van der Waals surface area contributed by atoms with Gasteiger partial charge in [0.1, 0.15) is 0 Å². The summed E-state index contributed by atoms with van der Waals surface area (Å²) in [5, 5.41) is 4.64. The van der Waals surface area contributed by atoms with Crippen LogP contribution in [0.3, 0.4) is 0 Å². The van der Waals surface area contributed by atoms with Crippen LogP contribution in [0.15, 0.2) is 42.5 Å². The molecule has 0 radical (unpaired) electrons. The van der Waals surface area contributed by atoms with E-state index < -0.39 is 15.4 Å². The molecular weight excluding hydrogens is 529 g/mol. The maximum atomic E-state index is 13.7. The Morgan fingerprint density at radius 1 is 1.09 bits per heavy atom. The standard InChI is InChI=1S/C25H32Cl3N3O3S/c1-17(18-4-7-20(26)8-5-18)29-24(32)25(2,19-6-9-22(27)23(28)16-19)12-15-31-13-10-21(11-14-31)30-35(3,33)34/h4-9,16-17,21,30H,10-15H2,1-3H3,(H,29,32). The van der Waals surface area contributed by atoms with Crippen molar-refractivity contribution in [3.8, 4) is 0 Å². The van der Waals surface area contributed by atoms with Crippen molar-refractivity contribution in [3.63, 3.8) is 0 Å². The molecule has 2 aromatic rings. The number of nitrogens with one attached hydrogen (secondary N) is 2. The van der Waals surface area contributed by atoms with E-state index in [1.807, 2.05) is 32.0 Å². The zero-order valence-corrected chi connectivity index (χ0v) is 23.2. The van der Waals surface area contributed by atoms with Crippen LogP contribution in [0.25, 0.3) is 0 Å². The summed E-state index contributed by atoms with van der Waals surface area (Å²) in [6.07, 6.45) is 3.21. The topological polar surface area (TPSA) is 78.5 Å². The molecule has 3 rings (SSSR count). The molecule has 192 valence electrons. The molecule has 0 saturated carbocycles. The fourth-order valence-corrected chi connectivity index (χ4v) is 5.64. The summed E-state index contributed by atoms with van der Waals surface area (Å²) in [4.78, 5) is 16.0. The molecule has 2 atom stereocenters. The maximum Gasteiger partial charge on any atom is 0.230 e. The number of carbonyl (C=O) groups excluding carboxylic acids is 1. The smallest absolute Gasteiger partial charge is 0.230 e. The van der Waals surface area contributed by atoms with Crippen LogP contribution in [0.1, 0.15) is 50.3 Å². The van der Waals surface area contributed by atoms with Crippen molar-refractivity contribution in [2.45, 2.75) is 50.6 Å². The first-order valence-electron chi connectivity index (χ1n) is 11.6. The minimum absolute atomic E-state index is 0.0498. The van der Waals surface area contributed by atoms with Gasteiger partial charge in [-0.2, -0.15) is 0 Å². The molecule has 0 aromatic heterocycles. The molecule has 0 aliphatic carbocycles. The van der Waals surface area contributed by atoms with Crippen molar-refractivity contribution in [3.05, 3.63) is 68.7 Å². The summed E-state index contributed by atoms with van der Waals surface area (Å²) in [6, 6.07) is 12.5. The van der Waals surface area contributed by atoms with Crippen molar-refractivity contribution in [1.29, 1.82) is 0 Å². The third-order valence-corrected chi connectivity index (χ3v) is 8.42. The second-order valence-electron chi connectivity index (χ2n) is 9.46. The number of sulfonamides is 1. The fourth-order valence-electron chi connectivity index (χ4n) is 4.38. The number of amides is 1. The van der Waals surface area contributed by atoms with E-state index in [-0.39, 0.29) is 18.0 Å². The molecule has 2 aromatic carbocycles. The predicted molar refractivity (Wildman–Crippen MR) is 144 cm³/mol. The van der Waals surface area contributed by atoms with Crippen molar-refractivity contribution in [1.82, 2.24) is 14.9 Å². The highest BCUT2D eigenvalue weighted by Gasteiger charge is 2.37. The number of piperidine rings is 1.